The number of ether oxygens (including phenoxy) is 10. The van der Waals surface area contributed by atoms with Gasteiger partial charge in [0.25, 0.3) is 0 Å². The number of carbonyl (C=O) groups excluding carboxylic acids is 4. The number of H-pyrrole nitrogens is 2. The lowest BCUT2D eigenvalue weighted by molar-refractivity contribution is -0.146. The molecule has 0 saturated heterocycles. The van der Waals surface area contributed by atoms with E-state index in [1.165, 1.54) is 18.5 Å². The van der Waals surface area contributed by atoms with Crippen molar-refractivity contribution in [1.82, 2.24) is 24.9 Å². The summed E-state index contributed by atoms with van der Waals surface area (Å²) in [5.41, 5.74) is 9.57. The van der Waals surface area contributed by atoms with E-state index >= 15 is 0 Å². The van der Waals surface area contributed by atoms with Gasteiger partial charge < -0.3 is 68.4 Å². The van der Waals surface area contributed by atoms with Gasteiger partial charge in [-0.25, -0.2) is 19.4 Å². The molecule has 6 aromatic carbocycles. The van der Waals surface area contributed by atoms with Crippen LogP contribution in [0.5, 0.6) is 40.2 Å². The van der Waals surface area contributed by atoms with Crippen LogP contribution in [-0.2, 0) is 44.3 Å². The van der Waals surface area contributed by atoms with E-state index in [0.29, 0.717) is 56.0 Å². The fraction of sp³-hybridized carbons (Fsp3) is 0.213. The fourth-order valence-electron chi connectivity index (χ4n) is 8.54. The van der Waals surface area contributed by atoms with E-state index in [0.717, 1.165) is 67.8 Å². The third-order valence-corrected chi connectivity index (χ3v) is 13.9. The number of nitrogens with zero attached hydrogens (tertiary/aromatic N) is 3. The number of methoxy groups -OCH3 is 5. The van der Waals surface area contributed by atoms with Crippen LogP contribution in [0.2, 0.25) is 10.0 Å². The lowest BCUT2D eigenvalue weighted by atomic mass is 10.1. The number of esters is 3. The third-order valence-electron chi connectivity index (χ3n) is 13.3. The Bertz CT molecular complexity index is 4800. The van der Waals surface area contributed by atoms with E-state index < -0.39 is 23.1 Å². The molecule has 0 aliphatic heterocycles. The highest BCUT2D eigenvalue weighted by atomic mass is 36.0. The number of hydrogen-bond acceptors (Lipinski definition) is 21. The molecule has 5 heterocycles. The second kappa shape index (κ2) is 47.8. The lowest BCUT2D eigenvalue weighted by Gasteiger charge is -2.10. The van der Waals surface area contributed by atoms with Crippen molar-refractivity contribution < 1.29 is 72.5 Å². The minimum absolute atomic E-state index is 0. The molecule has 563 valence electrons. The first-order chi connectivity index (χ1) is 49.4. The zero-order valence-electron chi connectivity index (χ0n) is 57.7. The zero-order valence-corrected chi connectivity index (χ0v) is 62.4. The first-order valence-corrected chi connectivity index (χ1v) is 36.0. The quantitative estimate of drug-likeness (QED) is 0.00713. The third kappa shape index (κ3) is 30.7. The summed E-state index contributed by atoms with van der Waals surface area (Å²) in [5, 5.41) is 3.71. The van der Waals surface area contributed by atoms with Crippen LogP contribution in [-0.4, -0.2) is 119 Å². The molecule has 5 aromatic heterocycles. The largest absolute Gasteiger partial charge is 0.500 e. The zero-order chi connectivity index (χ0) is 75.4. The Hall–Kier alpha value is -10.5. The Morgan fingerprint density at radius 3 is 1.58 bits per heavy atom. The molecule has 0 aliphatic rings. The number of rotatable bonds is 18. The molecule has 0 spiro atoms. The van der Waals surface area contributed by atoms with Crippen LogP contribution < -0.4 is 50.3 Å². The summed E-state index contributed by atoms with van der Waals surface area (Å²) in [5.74, 6) is 3.31. The maximum Gasteiger partial charge on any atom is 0.348 e. The molecule has 3 radical (unpaired) electrons. The van der Waals surface area contributed by atoms with Crippen molar-refractivity contribution in [3.63, 3.8) is 0 Å². The van der Waals surface area contributed by atoms with E-state index in [1.807, 2.05) is 84.9 Å². The van der Waals surface area contributed by atoms with E-state index in [9.17, 15) is 33.3 Å². The van der Waals surface area contributed by atoms with Gasteiger partial charge in [-0.3, -0.25) is 28.9 Å². The first kappa shape index (κ1) is 91.6. The normalized spacial score (nSPS) is 9.87. The highest BCUT2D eigenvalue weighted by Gasteiger charge is 2.22. The van der Waals surface area contributed by atoms with Gasteiger partial charge in [0.1, 0.15) is 57.9 Å². The van der Waals surface area contributed by atoms with Gasteiger partial charge in [-0.1, -0.05) is 56.3 Å². The van der Waals surface area contributed by atoms with Crippen molar-refractivity contribution in [3.8, 4) is 40.2 Å². The average molecular weight is 1570 g/mol. The van der Waals surface area contributed by atoms with Gasteiger partial charge >= 0.3 is 23.1 Å². The Morgan fingerprint density at radius 2 is 1.07 bits per heavy atom. The molecule has 0 unspecified atom stereocenters. The summed E-state index contributed by atoms with van der Waals surface area (Å²) >= 11 is 25.6. The Kier molecular flexibility index (Phi) is 41.2. The van der Waals surface area contributed by atoms with Crippen LogP contribution in [0.1, 0.15) is 59.9 Å². The maximum absolute atomic E-state index is 12.2. The average Bonchev–Trinajstić information content (AvgIpc) is 0.822. The molecule has 0 saturated carbocycles. The molecule has 1 amide bonds. The minimum atomic E-state index is -3.22. The topological polar surface area (TPSA) is 320 Å². The van der Waals surface area contributed by atoms with Gasteiger partial charge in [0.05, 0.1) is 101 Å². The van der Waals surface area contributed by atoms with E-state index in [-0.39, 0.29) is 78.8 Å². The fourth-order valence-corrected chi connectivity index (χ4v) is 8.87. The van der Waals surface area contributed by atoms with Crippen LogP contribution in [0.4, 0.5) is 11.5 Å². The highest BCUT2D eigenvalue weighted by Crippen LogP contribution is 2.61. The number of nitrogens with one attached hydrogen (secondary N) is 3. The molecular formula is C75H83BCl5N7O17P. The van der Waals surface area contributed by atoms with Gasteiger partial charge in [-0.15, -0.1) is 0 Å². The molecule has 0 atom stereocenters. The van der Waals surface area contributed by atoms with Crippen molar-refractivity contribution in [3.05, 3.63) is 236 Å². The SMILES string of the molecule is C.C.CCOC(=O)c1c[nH]c2cc(OC)ccc2c1=O.CCOC=C(C(=O)OCC)C(=O)OCC.COc1ccc2c(=O)cc[nH]c2c1.COc1ccc2c(Cl)ccnc2c1.COc1ccc2c(Oc3ccc(CC(=O)Nc4ccc(Cl)cn4)cc3)ccnc2c1.COc1cccc(N)c1.O=P(Cl)(Cl)Cl.[2HH].[B]. The summed E-state index contributed by atoms with van der Waals surface area (Å²) in [7, 11) is 8.02. The number of nitrogen functional groups attached to an aromatic ring is 1. The number of hydrogen-bond donors (Lipinski definition) is 4. The summed E-state index contributed by atoms with van der Waals surface area (Å²) in [4.78, 5) is 88.2. The monoisotopic (exact) mass is 1570 g/mol. The molecule has 0 fully saturated rings. The molecule has 5 N–H and O–H groups in total. The van der Waals surface area contributed by atoms with Crippen LogP contribution in [0.25, 0.3) is 43.6 Å². The van der Waals surface area contributed by atoms with Crippen LogP contribution in [0.15, 0.2) is 204 Å². The predicted octanol–water partition coefficient (Wildman–Crippen LogP) is 17.7. The number of nitrogens with two attached hydrogens (primary N) is 1. The molecule has 11 aromatic rings. The first-order valence-electron chi connectivity index (χ1n) is 30.8. The van der Waals surface area contributed by atoms with Gasteiger partial charge in [0.2, 0.25) is 11.3 Å². The summed E-state index contributed by atoms with van der Waals surface area (Å²) < 4.78 is 59.9. The Morgan fingerprint density at radius 1 is 0.566 bits per heavy atom. The molecule has 11 rings (SSSR count). The number of benzene rings is 6. The molecule has 24 nitrogen and oxygen atoms in total. The minimum Gasteiger partial charge on any atom is -0.500 e. The molecule has 106 heavy (non-hydrogen) atoms. The van der Waals surface area contributed by atoms with E-state index in [1.54, 1.807) is 142 Å². The van der Waals surface area contributed by atoms with Crippen LogP contribution in [0.3, 0.4) is 0 Å². The van der Waals surface area contributed by atoms with E-state index in [2.05, 4.69) is 73.4 Å². The number of aromatic amines is 2. The number of halogens is 5. The van der Waals surface area contributed by atoms with E-state index in [4.69, 9.17) is 66.8 Å². The molecule has 31 heteroatoms. The van der Waals surface area contributed by atoms with Crippen molar-refractivity contribution in [2.45, 2.75) is 49.0 Å². The second-order valence-electron chi connectivity index (χ2n) is 20.2. The Balaban J connectivity index is 0.000000654. The number of pyridine rings is 5. The summed E-state index contributed by atoms with van der Waals surface area (Å²) in [6.07, 6.45) is 9.15. The smallest absolute Gasteiger partial charge is 0.348 e. The maximum atomic E-state index is 12.2. The van der Waals surface area contributed by atoms with Crippen molar-refractivity contribution in [1.29, 1.82) is 0 Å². The molecule has 0 bridgehead atoms. The highest BCUT2D eigenvalue weighted by molar-refractivity contribution is 8.24. The van der Waals surface area contributed by atoms with Crippen molar-refractivity contribution in [2.75, 3.05) is 73.0 Å². The van der Waals surface area contributed by atoms with Crippen LogP contribution >= 0.6 is 62.1 Å². The summed E-state index contributed by atoms with van der Waals surface area (Å²) in [6.45, 7) is 7.73. The van der Waals surface area contributed by atoms with Crippen molar-refractivity contribution >= 4 is 149 Å². The van der Waals surface area contributed by atoms with Crippen molar-refractivity contribution in [2.24, 2.45) is 0 Å². The number of aromatic nitrogens is 5. The number of anilines is 2. The van der Waals surface area contributed by atoms with Crippen LogP contribution in [0, 0.1) is 0 Å². The van der Waals surface area contributed by atoms with Gasteiger partial charge in [0.15, 0.2) is 11.0 Å². The second-order valence-corrected chi connectivity index (χ2v) is 27.7. The number of carbonyl (C=O) groups is 4. The summed E-state index contributed by atoms with van der Waals surface area (Å²) in [6, 6.07) is 44.7. The van der Waals surface area contributed by atoms with Gasteiger partial charge in [-0.2, -0.15) is 0 Å². The molecular weight excluding hydrogens is 1490 g/mol. The number of fused-ring (bicyclic) bond motifs is 4. The Labute approximate surface area is 641 Å². The predicted molar refractivity (Wildman–Crippen MR) is 425 cm³/mol. The lowest BCUT2D eigenvalue weighted by Crippen LogP contribution is -2.18. The van der Waals surface area contributed by atoms with Gasteiger partial charge in [-0.05, 0) is 164 Å². The molecule has 0 aliphatic carbocycles. The van der Waals surface area contributed by atoms with Gasteiger partial charge in [0, 0.05) is 104 Å². The number of amides is 1. The standard InChI is InChI=1S/C23H18ClN3O3.C13H13NO4.C10H8ClNO.C10H9NO2.C10H16O5.C7H9NO.2CH4.B.Cl3OP.H2/c1-29-18-7-8-19-20(13-18)25-11-10-21(19)30-17-5-2-15(3-6-17)12-23(28)27-22-9-4-16(24)14-26-22;1-3-18-13(16)10-7-14-11-6-8(17-2)4-5-9(11)12(10)15;1-13-7-2-3-8-9(11)4-5-12-10(8)6-7;1-13-7-2-3-8-9(6-7)11-5-4-10(8)12;1-4-13-7-8(9(11)14-5-2)10(12)15-6-3;1-9-7-4-2-3-6(8)5-7;;;;1-5(2,3)4;/h2-11,13-14H,12H2,1H3,(H,26,27,28);4-7H,3H2,1-2H3,(H,14,15);2-6H,1H3;2-6H,1H3,(H,11,12);7H,4-6H2,1-3H3;2-5H,8H2,1H3;2*1H4;;;1H/i;;;;;;;;;;1+1.